The van der Waals surface area contributed by atoms with Crippen molar-refractivity contribution in [3.05, 3.63) is 53.2 Å². The molecule has 5 N–H and O–H groups in total. The van der Waals surface area contributed by atoms with Crippen LogP contribution in [0.15, 0.2) is 35.6 Å². The number of carbonyl (C=O) groups is 1. The lowest BCUT2D eigenvalue weighted by Crippen LogP contribution is -2.44. The van der Waals surface area contributed by atoms with Crippen molar-refractivity contribution in [1.29, 1.82) is 0 Å². The number of hydrogen-bond donors (Lipinski definition) is 4. The lowest BCUT2D eigenvalue weighted by Gasteiger charge is -2.31. The Bertz CT molecular complexity index is 1150. The highest BCUT2D eigenvalue weighted by atomic mass is 19.1. The molecule has 4 rings (SSSR count). The molecule has 0 atom stereocenters. The standard InChI is InChI=1S/C21H24FN7O2/c1-24-9-16-18(28-6-4-25-5-7-28)3-2-15(19(16)23)21(31)27-13-8-17(22)20-26-14(12-30)11-29(20)10-13/h2-3,8-11,25,30H,4-7,12,23H2,1H3,(H,27,31). The number of piperazine rings is 1. The van der Waals surface area contributed by atoms with Crippen molar-refractivity contribution in [2.75, 3.05) is 49.2 Å². The number of halogens is 1. The maximum Gasteiger partial charge on any atom is 0.257 e. The quantitative estimate of drug-likeness (QED) is 0.361. The Morgan fingerprint density at radius 2 is 2.16 bits per heavy atom. The van der Waals surface area contributed by atoms with Crippen LogP contribution >= 0.6 is 0 Å². The number of aliphatic imine (C=N–C) groups is 1. The molecule has 2 aromatic heterocycles. The molecule has 3 heterocycles. The second kappa shape index (κ2) is 8.70. The third-order valence-electron chi connectivity index (χ3n) is 5.20. The number of fused-ring (bicyclic) bond motifs is 1. The van der Waals surface area contributed by atoms with E-state index in [0.717, 1.165) is 31.9 Å². The zero-order valence-electron chi connectivity index (χ0n) is 17.1. The van der Waals surface area contributed by atoms with Gasteiger partial charge in [0, 0.05) is 69.2 Å². The number of anilines is 3. The van der Waals surface area contributed by atoms with Crippen LogP contribution in [0.2, 0.25) is 0 Å². The summed E-state index contributed by atoms with van der Waals surface area (Å²) in [5.74, 6) is -1.07. The molecule has 1 saturated heterocycles. The van der Waals surface area contributed by atoms with Crippen molar-refractivity contribution in [2.45, 2.75) is 6.61 Å². The van der Waals surface area contributed by atoms with Crippen molar-refractivity contribution in [3.8, 4) is 0 Å². The van der Waals surface area contributed by atoms with Crippen molar-refractivity contribution in [3.63, 3.8) is 0 Å². The predicted octanol–water partition coefficient (Wildman–Crippen LogP) is 1.26. The van der Waals surface area contributed by atoms with Gasteiger partial charge in [0.2, 0.25) is 0 Å². The van der Waals surface area contributed by atoms with Crippen LogP contribution in [-0.4, -0.2) is 59.8 Å². The third kappa shape index (κ3) is 4.07. The highest BCUT2D eigenvalue weighted by molar-refractivity contribution is 6.11. The minimum absolute atomic E-state index is 0.0726. The fourth-order valence-corrected chi connectivity index (χ4v) is 3.72. The number of carbonyl (C=O) groups excluding carboxylic acids is 1. The fourth-order valence-electron chi connectivity index (χ4n) is 3.72. The number of nitrogens with zero attached hydrogens (tertiary/aromatic N) is 4. The zero-order valence-corrected chi connectivity index (χ0v) is 17.1. The molecule has 0 unspecified atom stereocenters. The number of rotatable bonds is 5. The first-order chi connectivity index (χ1) is 15.0. The maximum atomic E-state index is 14.4. The average Bonchev–Trinajstić information content (AvgIpc) is 3.19. The number of aliphatic hydroxyl groups excluding tert-OH is 1. The summed E-state index contributed by atoms with van der Waals surface area (Å²) < 4.78 is 15.8. The first-order valence-corrected chi connectivity index (χ1v) is 9.91. The summed E-state index contributed by atoms with van der Waals surface area (Å²) in [6, 6.07) is 4.72. The molecule has 1 aliphatic heterocycles. The van der Waals surface area contributed by atoms with E-state index in [9.17, 15) is 14.3 Å². The number of aromatic nitrogens is 2. The lowest BCUT2D eigenvalue weighted by molar-refractivity contribution is 0.102. The number of amides is 1. The van der Waals surface area contributed by atoms with E-state index in [-0.39, 0.29) is 23.5 Å². The van der Waals surface area contributed by atoms with Gasteiger partial charge in [-0.1, -0.05) is 0 Å². The van der Waals surface area contributed by atoms with Crippen molar-refractivity contribution >= 4 is 34.8 Å². The number of nitrogens with two attached hydrogens (primary N) is 1. The number of pyridine rings is 1. The Morgan fingerprint density at radius 3 is 2.87 bits per heavy atom. The van der Waals surface area contributed by atoms with Crippen molar-refractivity contribution in [1.82, 2.24) is 14.7 Å². The third-order valence-corrected chi connectivity index (χ3v) is 5.20. The molecule has 0 aliphatic carbocycles. The van der Waals surface area contributed by atoms with Gasteiger partial charge in [0.15, 0.2) is 11.5 Å². The van der Waals surface area contributed by atoms with E-state index in [1.54, 1.807) is 19.3 Å². The largest absolute Gasteiger partial charge is 0.397 e. The summed E-state index contributed by atoms with van der Waals surface area (Å²) in [5, 5.41) is 15.2. The van der Waals surface area contributed by atoms with Gasteiger partial charge in [0.25, 0.3) is 5.91 Å². The van der Waals surface area contributed by atoms with Gasteiger partial charge < -0.3 is 30.8 Å². The number of benzene rings is 1. The van der Waals surface area contributed by atoms with Crippen LogP contribution in [0.1, 0.15) is 21.6 Å². The normalized spacial score (nSPS) is 14.5. The number of imidazole rings is 1. The Hall–Kier alpha value is -3.50. The molecule has 31 heavy (non-hydrogen) atoms. The summed E-state index contributed by atoms with van der Waals surface area (Å²) in [5.41, 5.74) is 9.20. The van der Waals surface area contributed by atoms with Crippen molar-refractivity contribution < 1.29 is 14.3 Å². The summed E-state index contributed by atoms with van der Waals surface area (Å²) in [7, 11) is 1.65. The summed E-state index contributed by atoms with van der Waals surface area (Å²) in [6.45, 7) is 3.09. The van der Waals surface area contributed by atoms with Gasteiger partial charge in [0.1, 0.15) is 0 Å². The number of nitrogen functional groups attached to an aromatic ring is 1. The van der Waals surface area contributed by atoms with Gasteiger partial charge in [-0.3, -0.25) is 9.79 Å². The molecule has 0 bridgehead atoms. The smallest absolute Gasteiger partial charge is 0.257 e. The van der Waals surface area contributed by atoms with Crippen LogP contribution in [0.5, 0.6) is 0 Å². The molecule has 0 saturated carbocycles. The number of nitrogens with one attached hydrogen (secondary N) is 2. The van der Waals surface area contributed by atoms with Gasteiger partial charge in [-0.2, -0.15) is 0 Å². The molecule has 1 aromatic carbocycles. The molecule has 9 nitrogen and oxygen atoms in total. The molecule has 10 heteroatoms. The lowest BCUT2D eigenvalue weighted by atomic mass is 10.0. The highest BCUT2D eigenvalue weighted by Gasteiger charge is 2.20. The molecule has 1 fully saturated rings. The minimum atomic E-state index is -0.613. The monoisotopic (exact) mass is 425 g/mol. The molecule has 1 aliphatic rings. The van der Waals surface area contributed by atoms with Gasteiger partial charge in [-0.25, -0.2) is 9.37 Å². The van der Waals surface area contributed by atoms with E-state index in [2.05, 4.69) is 25.5 Å². The minimum Gasteiger partial charge on any atom is -0.397 e. The zero-order chi connectivity index (χ0) is 22.0. The van der Waals surface area contributed by atoms with E-state index >= 15 is 0 Å². The molecule has 162 valence electrons. The highest BCUT2D eigenvalue weighted by Crippen LogP contribution is 2.29. The SMILES string of the molecule is CN=Cc1c(N2CCNCC2)ccc(C(=O)Nc2cc(F)c3nc(CO)cn3c2)c1N. The van der Waals surface area contributed by atoms with E-state index in [1.165, 1.54) is 22.9 Å². The summed E-state index contributed by atoms with van der Waals surface area (Å²) in [4.78, 5) is 23.2. The van der Waals surface area contributed by atoms with Gasteiger partial charge in [-0.05, 0) is 12.1 Å². The van der Waals surface area contributed by atoms with Crippen LogP contribution in [0.3, 0.4) is 0 Å². The summed E-state index contributed by atoms with van der Waals surface area (Å²) >= 11 is 0. The second-order valence-corrected chi connectivity index (χ2v) is 7.24. The summed E-state index contributed by atoms with van der Waals surface area (Å²) in [6.07, 6.45) is 4.68. The molecular weight excluding hydrogens is 401 g/mol. The first-order valence-electron chi connectivity index (χ1n) is 9.91. The molecule has 1 amide bonds. The van der Waals surface area contributed by atoms with Crippen LogP contribution in [0.25, 0.3) is 5.65 Å². The van der Waals surface area contributed by atoms with E-state index in [0.29, 0.717) is 16.9 Å². The molecular formula is C21H24FN7O2. The Labute approximate surface area is 178 Å². The fraction of sp³-hybridized carbons (Fsp3) is 0.286. The maximum absolute atomic E-state index is 14.4. The topological polar surface area (TPSA) is 120 Å². The molecule has 3 aromatic rings. The van der Waals surface area contributed by atoms with Gasteiger partial charge in [-0.15, -0.1) is 0 Å². The average molecular weight is 425 g/mol. The van der Waals surface area contributed by atoms with Crippen molar-refractivity contribution in [2.24, 2.45) is 4.99 Å². The number of hydrogen-bond acceptors (Lipinski definition) is 7. The second-order valence-electron chi connectivity index (χ2n) is 7.24. The number of aliphatic hydroxyl groups is 1. The van der Waals surface area contributed by atoms with Crippen LogP contribution in [-0.2, 0) is 6.61 Å². The van der Waals surface area contributed by atoms with Gasteiger partial charge >= 0.3 is 0 Å². The Kier molecular flexibility index (Phi) is 5.83. The Balaban J connectivity index is 1.65. The first kappa shape index (κ1) is 20.8. The molecule has 0 radical (unpaired) electrons. The van der Waals surface area contributed by atoms with E-state index < -0.39 is 11.7 Å². The van der Waals surface area contributed by atoms with Crippen LogP contribution < -0.4 is 21.3 Å². The molecule has 0 spiro atoms. The van der Waals surface area contributed by atoms with Crippen LogP contribution in [0.4, 0.5) is 21.5 Å². The van der Waals surface area contributed by atoms with Crippen LogP contribution in [0, 0.1) is 5.82 Å². The van der Waals surface area contributed by atoms with E-state index in [4.69, 9.17) is 5.73 Å². The van der Waals surface area contributed by atoms with E-state index in [1.807, 2.05) is 6.07 Å². The predicted molar refractivity (Wildman–Crippen MR) is 118 cm³/mol. The Morgan fingerprint density at radius 1 is 1.39 bits per heavy atom. The van der Waals surface area contributed by atoms with Gasteiger partial charge in [0.05, 0.1) is 29.2 Å².